The largest absolute Gasteiger partial charge is 1.00 e. The van der Waals surface area contributed by atoms with Crippen molar-refractivity contribution in [3.8, 4) is 0 Å². The number of β-lactam (4-membered cyclic amide) rings is 1. The number of rotatable bonds is 3. The standard InChI is InChI=1S/C10H7N3O3S2.Na/c14-5-4-6-13(5)7(8(15)16)9(17-6)18-10-11-2-1-3-12-10;/h1-3,6H,4H2,(H,15,16);/q;+1/p-1/t6-;/m0./s1. The Kier molecular flexibility index (Phi) is 4.57. The monoisotopic (exact) mass is 303 g/mol. The number of nitrogens with zero attached hydrogens (tertiary/aromatic N) is 3. The number of fused-ring (bicyclic) bond motifs is 1. The molecule has 0 radical (unpaired) electrons. The van der Waals surface area contributed by atoms with Gasteiger partial charge in [-0.2, -0.15) is 0 Å². The first-order chi connectivity index (χ1) is 8.66. The fourth-order valence-corrected chi connectivity index (χ4v) is 4.22. The Bertz CT molecular complexity index is 566. The molecular formula is C10H6N3NaO3S2. The van der Waals surface area contributed by atoms with Gasteiger partial charge in [0, 0.05) is 12.4 Å². The SMILES string of the molecule is O=C([O-])C1=C(Sc2ncccn2)S[C@H]2CC(=O)N12.[Na+]. The minimum absolute atomic E-state index is 0. The third kappa shape index (κ3) is 2.68. The van der Waals surface area contributed by atoms with E-state index < -0.39 is 5.97 Å². The molecule has 2 aliphatic heterocycles. The second kappa shape index (κ2) is 5.84. The second-order valence-corrected chi connectivity index (χ2v) is 6.02. The van der Waals surface area contributed by atoms with Crippen LogP contribution in [0, 0.1) is 0 Å². The molecule has 9 heteroatoms. The summed E-state index contributed by atoms with van der Waals surface area (Å²) >= 11 is 2.49. The van der Waals surface area contributed by atoms with Gasteiger partial charge in [-0.1, -0.05) is 11.8 Å². The van der Waals surface area contributed by atoms with Gasteiger partial charge in [0.1, 0.15) is 0 Å². The maximum absolute atomic E-state index is 11.4. The van der Waals surface area contributed by atoms with Gasteiger partial charge < -0.3 is 9.90 Å². The number of thioether (sulfide) groups is 2. The maximum atomic E-state index is 11.4. The fraction of sp³-hybridized carbons (Fsp3) is 0.200. The predicted molar refractivity (Wildman–Crippen MR) is 62.8 cm³/mol. The average Bonchev–Trinajstić information content (AvgIpc) is 2.63. The van der Waals surface area contributed by atoms with E-state index in [1.54, 1.807) is 18.5 Å². The molecule has 6 nitrogen and oxygen atoms in total. The summed E-state index contributed by atoms with van der Waals surface area (Å²) in [4.78, 5) is 31.8. The molecule has 0 spiro atoms. The summed E-state index contributed by atoms with van der Waals surface area (Å²) < 4.78 is 0.511. The van der Waals surface area contributed by atoms with Crippen molar-refractivity contribution >= 4 is 35.4 Å². The molecule has 92 valence electrons. The van der Waals surface area contributed by atoms with Crippen molar-refractivity contribution in [1.82, 2.24) is 14.9 Å². The second-order valence-electron chi connectivity index (χ2n) is 3.60. The topological polar surface area (TPSA) is 86.2 Å². The molecule has 0 aromatic carbocycles. The minimum atomic E-state index is -1.34. The predicted octanol–water partition coefficient (Wildman–Crippen LogP) is -3.20. The molecule has 1 saturated heterocycles. The smallest absolute Gasteiger partial charge is 0.543 e. The van der Waals surface area contributed by atoms with Gasteiger partial charge in [0.2, 0.25) is 5.91 Å². The van der Waals surface area contributed by atoms with Crippen LogP contribution >= 0.6 is 23.5 Å². The molecule has 1 atom stereocenters. The fourth-order valence-electron chi connectivity index (χ4n) is 1.70. The summed E-state index contributed by atoms with van der Waals surface area (Å²) in [6, 6.07) is 1.68. The van der Waals surface area contributed by atoms with Crippen molar-refractivity contribution in [2.24, 2.45) is 0 Å². The van der Waals surface area contributed by atoms with Gasteiger partial charge in [0.25, 0.3) is 0 Å². The Labute approximate surface area is 139 Å². The van der Waals surface area contributed by atoms with Crippen LogP contribution in [0.4, 0.5) is 0 Å². The number of carboxylic acid groups (broad SMARTS) is 1. The normalized spacial score (nSPS) is 20.7. The van der Waals surface area contributed by atoms with E-state index in [1.807, 2.05) is 0 Å². The van der Waals surface area contributed by atoms with Crippen molar-refractivity contribution in [3.63, 3.8) is 0 Å². The Balaban J connectivity index is 0.00000133. The molecule has 0 aliphatic carbocycles. The van der Waals surface area contributed by atoms with E-state index in [0.29, 0.717) is 15.8 Å². The molecule has 0 saturated carbocycles. The van der Waals surface area contributed by atoms with E-state index in [9.17, 15) is 14.7 Å². The molecule has 3 heterocycles. The number of aromatic nitrogens is 2. The number of carbonyl (C=O) groups excluding carboxylic acids is 2. The zero-order valence-electron chi connectivity index (χ0n) is 9.90. The van der Waals surface area contributed by atoms with Crippen LogP contribution in [-0.4, -0.2) is 32.1 Å². The number of aliphatic carboxylic acids is 1. The van der Waals surface area contributed by atoms with E-state index in [0.717, 1.165) is 11.8 Å². The Morgan fingerprint density at radius 3 is 2.74 bits per heavy atom. The van der Waals surface area contributed by atoms with Crippen molar-refractivity contribution in [3.05, 3.63) is 28.4 Å². The van der Waals surface area contributed by atoms with E-state index in [-0.39, 0.29) is 46.5 Å². The number of amides is 1. The molecule has 1 aromatic heterocycles. The summed E-state index contributed by atoms with van der Waals surface area (Å²) in [6.07, 6.45) is 3.52. The number of hydrogen-bond donors (Lipinski definition) is 0. The van der Waals surface area contributed by atoms with E-state index in [1.165, 1.54) is 16.7 Å². The molecule has 1 amide bonds. The maximum Gasteiger partial charge on any atom is 1.00 e. The molecule has 2 aliphatic rings. The van der Waals surface area contributed by atoms with E-state index in [2.05, 4.69) is 9.97 Å². The van der Waals surface area contributed by atoms with Crippen molar-refractivity contribution in [2.45, 2.75) is 17.0 Å². The zero-order valence-corrected chi connectivity index (χ0v) is 13.5. The third-order valence-corrected chi connectivity index (χ3v) is 4.87. The van der Waals surface area contributed by atoms with Gasteiger partial charge in [-0.3, -0.25) is 9.69 Å². The summed E-state index contributed by atoms with van der Waals surface area (Å²) in [6.45, 7) is 0. The van der Waals surface area contributed by atoms with Crippen LogP contribution in [0.1, 0.15) is 6.42 Å². The van der Waals surface area contributed by atoms with E-state index >= 15 is 0 Å². The molecule has 0 unspecified atom stereocenters. The van der Waals surface area contributed by atoms with Crippen LogP contribution in [0.25, 0.3) is 0 Å². The average molecular weight is 303 g/mol. The summed E-state index contributed by atoms with van der Waals surface area (Å²) in [5, 5.41) is 11.4. The summed E-state index contributed by atoms with van der Waals surface area (Å²) in [7, 11) is 0. The summed E-state index contributed by atoms with van der Waals surface area (Å²) in [5.74, 6) is -1.52. The Morgan fingerprint density at radius 1 is 1.47 bits per heavy atom. The first kappa shape index (κ1) is 14.9. The Morgan fingerprint density at radius 2 is 2.16 bits per heavy atom. The van der Waals surface area contributed by atoms with Crippen molar-refractivity contribution < 1.29 is 44.3 Å². The van der Waals surface area contributed by atoms with Crippen LogP contribution in [0.2, 0.25) is 0 Å². The van der Waals surface area contributed by atoms with Crippen LogP contribution in [0.3, 0.4) is 0 Å². The van der Waals surface area contributed by atoms with Gasteiger partial charge in [-0.25, -0.2) is 9.97 Å². The van der Waals surface area contributed by atoms with Crippen LogP contribution < -0.4 is 34.7 Å². The van der Waals surface area contributed by atoms with E-state index in [4.69, 9.17) is 0 Å². The van der Waals surface area contributed by atoms with Crippen LogP contribution in [-0.2, 0) is 9.59 Å². The van der Waals surface area contributed by atoms with Gasteiger partial charge in [-0.15, -0.1) is 0 Å². The first-order valence-electron chi connectivity index (χ1n) is 5.06. The Hall–Kier alpha value is -0.540. The first-order valence-corrected chi connectivity index (χ1v) is 6.75. The van der Waals surface area contributed by atoms with Gasteiger partial charge in [0.05, 0.1) is 27.7 Å². The molecule has 1 fully saturated rings. The zero-order chi connectivity index (χ0) is 12.7. The van der Waals surface area contributed by atoms with Crippen LogP contribution in [0.15, 0.2) is 33.6 Å². The van der Waals surface area contributed by atoms with Crippen molar-refractivity contribution in [1.29, 1.82) is 0 Å². The number of carboxylic acids is 1. The summed E-state index contributed by atoms with van der Waals surface area (Å²) in [5.41, 5.74) is -0.0568. The van der Waals surface area contributed by atoms with Gasteiger partial charge >= 0.3 is 29.6 Å². The minimum Gasteiger partial charge on any atom is -0.543 e. The van der Waals surface area contributed by atoms with Crippen molar-refractivity contribution in [2.75, 3.05) is 0 Å². The molecule has 0 bridgehead atoms. The van der Waals surface area contributed by atoms with Gasteiger partial charge in [0.15, 0.2) is 5.16 Å². The number of hydrogen-bond acceptors (Lipinski definition) is 7. The number of carbonyl (C=O) groups is 2. The quantitative estimate of drug-likeness (QED) is 0.330. The molecular weight excluding hydrogens is 297 g/mol. The van der Waals surface area contributed by atoms with Crippen LogP contribution in [0.5, 0.6) is 0 Å². The molecule has 0 N–H and O–H groups in total. The molecule has 1 aromatic rings. The molecule has 19 heavy (non-hydrogen) atoms. The van der Waals surface area contributed by atoms with Gasteiger partial charge in [-0.05, 0) is 17.8 Å². The third-order valence-electron chi connectivity index (χ3n) is 2.50. The molecule has 3 rings (SSSR count).